The lowest BCUT2D eigenvalue weighted by Gasteiger charge is -2.34. The number of ether oxygens (including phenoxy) is 1. The molecule has 0 atom stereocenters. The number of amides is 2. The van der Waals surface area contributed by atoms with E-state index >= 15 is 0 Å². The van der Waals surface area contributed by atoms with Crippen molar-refractivity contribution < 1.29 is 14.3 Å². The first-order valence-electron chi connectivity index (χ1n) is 8.66. The van der Waals surface area contributed by atoms with Gasteiger partial charge in [-0.15, -0.1) is 0 Å². The van der Waals surface area contributed by atoms with Crippen molar-refractivity contribution in [2.24, 2.45) is 0 Å². The zero-order valence-corrected chi connectivity index (χ0v) is 14.9. The maximum atomic E-state index is 12.6. The molecule has 3 rings (SSSR count). The highest BCUT2D eigenvalue weighted by molar-refractivity contribution is 5.94. The molecule has 6 heteroatoms. The summed E-state index contributed by atoms with van der Waals surface area (Å²) in [5.41, 5.74) is 1.45. The van der Waals surface area contributed by atoms with Gasteiger partial charge in [-0.1, -0.05) is 18.2 Å². The molecule has 2 aromatic rings. The molecule has 26 heavy (non-hydrogen) atoms. The molecule has 0 bridgehead atoms. The maximum absolute atomic E-state index is 12.6. The second-order valence-electron chi connectivity index (χ2n) is 6.21. The third-order valence-electron chi connectivity index (χ3n) is 4.42. The van der Waals surface area contributed by atoms with Crippen molar-refractivity contribution in [3.05, 3.63) is 60.2 Å². The fourth-order valence-electron chi connectivity index (χ4n) is 2.95. The van der Waals surface area contributed by atoms with Gasteiger partial charge in [-0.05, 0) is 36.4 Å². The zero-order chi connectivity index (χ0) is 18.4. The van der Waals surface area contributed by atoms with Crippen LogP contribution < -0.4 is 10.1 Å². The van der Waals surface area contributed by atoms with Gasteiger partial charge < -0.3 is 15.0 Å². The van der Waals surface area contributed by atoms with E-state index in [4.69, 9.17) is 4.74 Å². The van der Waals surface area contributed by atoms with Gasteiger partial charge in [-0.25, -0.2) is 0 Å². The molecule has 1 N–H and O–H groups in total. The summed E-state index contributed by atoms with van der Waals surface area (Å²) in [5.74, 6) is 0.711. The SMILES string of the molecule is COc1ccc(C(=O)N2CCN(CC(=O)Nc3ccccc3)CC2)cc1. The first-order valence-corrected chi connectivity index (χ1v) is 8.66. The van der Waals surface area contributed by atoms with Gasteiger partial charge in [0, 0.05) is 37.4 Å². The van der Waals surface area contributed by atoms with Crippen molar-refractivity contribution in [3.8, 4) is 5.75 Å². The summed E-state index contributed by atoms with van der Waals surface area (Å²) in [4.78, 5) is 28.6. The average Bonchev–Trinajstić information content (AvgIpc) is 2.69. The van der Waals surface area contributed by atoms with Crippen molar-refractivity contribution in [1.29, 1.82) is 0 Å². The Kier molecular flexibility index (Phi) is 5.86. The minimum atomic E-state index is -0.0360. The Labute approximate surface area is 153 Å². The van der Waals surface area contributed by atoms with Crippen molar-refractivity contribution >= 4 is 17.5 Å². The minimum absolute atomic E-state index is 0.0149. The van der Waals surface area contributed by atoms with Crippen LogP contribution in [-0.2, 0) is 4.79 Å². The van der Waals surface area contributed by atoms with Crippen molar-refractivity contribution in [1.82, 2.24) is 9.80 Å². The van der Waals surface area contributed by atoms with Gasteiger partial charge in [0.25, 0.3) is 5.91 Å². The van der Waals surface area contributed by atoms with E-state index in [-0.39, 0.29) is 11.8 Å². The van der Waals surface area contributed by atoms with Gasteiger partial charge >= 0.3 is 0 Å². The van der Waals surface area contributed by atoms with Crippen molar-refractivity contribution in [2.45, 2.75) is 0 Å². The van der Waals surface area contributed by atoms with E-state index in [0.717, 1.165) is 11.4 Å². The van der Waals surface area contributed by atoms with E-state index < -0.39 is 0 Å². The predicted molar refractivity (Wildman–Crippen MR) is 100 cm³/mol. The maximum Gasteiger partial charge on any atom is 0.253 e. The van der Waals surface area contributed by atoms with Crippen LogP contribution in [-0.4, -0.2) is 61.4 Å². The van der Waals surface area contributed by atoms with E-state index in [2.05, 4.69) is 10.2 Å². The van der Waals surface area contributed by atoms with Gasteiger partial charge in [-0.2, -0.15) is 0 Å². The number of benzene rings is 2. The Morgan fingerprint density at radius 1 is 0.962 bits per heavy atom. The Morgan fingerprint density at radius 2 is 1.62 bits per heavy atom. The summed E-state index contributed by atoms with van der Waals surface area (Å²) in [6, 6.07) is 16.6. The summed E-state index contributed by atoms with van der Waals surface area (Å²) in [6.45, 7) is 2.93. The van der Waals surface area contributed by atoms with E-state index in [1.807, 2.05) is 35.2 Å². The third kappa shape index (κ3) is 4.61. The summed E-state index contributed by atoms with van der Waals surface area (Å²) in [5, 5.41) is 2.89. The molecule has 1 aliphatic rings. The summed E-state index contributed by atoms with van der Waals surface area (Å²) < 4.78 is 5.12. The number of rotatable bonds is 5. The number of methoxy groups -OCH3 is 1. The van der Waals surface area contributed by atoms with Crippen LogP contribution in [0, 0.1) is 0 Å². The highest BCUT2D eigenvalue weighted by atomic mass is 16.5. The van der Waals surface area contributed by atoms with E-state index in [1.54, 1.807) is 31.4 Å². The van der Waals surface area contributed by atoms with Crippen LogP contribution in [0.5, 0.6) is 5.75 Å². The molecule has 0 spiro atoms. The molecular weight excluding hydrogens is 330 g/mol. The summed E-state index contributed by atoms with van der Waals surface area (Å²) >= 11 is 0. The van der Waals surface area contributed by atoms with Crippen LogP contribution in [0.2, 0.25) is 0 Å². The normalized spacial score (nSPS) is 14.7. The van der Waals surface area contributed by atoms with Gasteiger partial charge in [0.15, 0.2) is 0 Å². The van der Waals surface area contributed by atoms with Crippen molar-refractivity contribution in [3.63, 3.8) is 0 Å². The summed E-state index contributed by atoms with van der Waals surface area (Å²) in [7, 11) is 1.60. The fraction of sp³-hybridized carbons (Fsp3) is 0.300. The molecule has 0 saturated carbocycles. The number of nitrogens with zero attached hydrogens (tertiary/aromatic N) is 2. The molecule has 0 radical (unpaired) electrons. The number of hydrogen-bond donors (Lipinski definition) is 1. The Hall–Kier alpha value is -2.86. The largest absolute Gasteiger partial charge is 0.497 e. The Bertz CT molecular complexity index is 739. The molecule has 2 amide bonds. The highest BCUT2D eigenvalue weighted by Gasteiger charge is 2.23. The number of para-hydroxylation sites is 1. The monoisotopic (exact) mass is 353 g/mol. The highest BCUT2D eigenvalue weighted by Crippen LogP contribution is 2.14. The molecule has 2 aromatic carbocycles. The molecular formula is C20H23N3O3. The topological polar surface area (TPSA) is 61.9 Å². The number of carbonyl (C=O) groups excluding carboxylic acids is 2. The Balaban J connectivity index is 1.47. The number of carbonyl (C=O) groups is 2. The molecule has 0 aliphatic carbocycles. The zero-order valence-electron chi connectivity index (χ0n) is 14.9. The number of piperazine rings is 1. The lowest BCUT2D eigenvalue weighted by Crippen LogP contribution is -2.50. The van der Waals surface area contributed by atoms with Gasteiger partial charge in [0.1, 0.15) is 5.75 Å². The van der Waals surface area contributed by atoms with Crippen LogP contribution in [0.3, 0.4) is 0 Å². The van der Waals surface area contributed by atoms with Crippen molar-refractivity contribution in [2.75, 3.05) is 45.2 Å². The number of anilines is 1. The minimum Gasteiger partial charge on any atom is -0.497 e. The van der Waals surface area contributed by atoms with Gasteiger partial charge in [-0.3, -0.25) is 14.5 Å². The first kappa shape index (κ1) is 17.9. The van der Waals surface area contributed by atoms with Crippen LogP contribution in [0.15, 0.2) is 54.6 Å². The molecule has 0 aromatic heterocycles. The van der Waals surface area contributed by atoms with Gasteiger partial charge in [0.2, 0.25) is 5.91 Å². The van der Waals surface area contributed by atoms with Crippen LogP contribution in [0.25, 0.3) is 0 Å². The fourth-order valence-corrected chi connectivity index (χ4v) is 2.95. The molecule has 0 unspecified atom stereocenters. The van der Waals surface area contributed by atoms with Crippen LogP contribution >= 0.6 is 0 Å². The van der Waals surface area contributed by atoms with E-state index in [1.165, 1.54) is 0 Å². The quantitative estimate of drug-likeness (QED) is 0.894. The second kappa shape index (κ2) is 8.49. The molecule has 1 saturated heterocycles. The smallest absolute Gasteiger partial charge is 0.253 e. The lowest BCUT2D eigenvalue weighted by molar-refractivity contribution is -0.117. The lowest BCUT2D eigenvalue weighted by atomic mass is 10.1. The van der Waals surface area contributed by atoms with Crippen LogP contribution in [0.4, 0.5) is 5.69 Å². The van der Waals surface area contributed by atoms with Crippen LogP contribution in [0.1, 0.15) is 10.4 Å². The molecule has 1 heterocycles. The molecule has 1 aliphatic heterocycles. The Morgan fingerprint density at radius 3 is 2.23 bits per heavy atom. The van der Waals surface area contributed by atoms with E-state index in [0.29, 0.717) is 38.3 Å². The average molecular weight is 353 g/mol. The molecule has 6 nitrogen and oxygen atoms in total. The second-order valence-corrected chi connectivity index (χ2v) is 6.21. The summed E-state index contributed by atoms with van der Waals surface area (Å²) in [6.07, 6.45) is 0. The predicted octanol–water partition coefficient (Wildman–Crippen LogP) is 2.09. The molecule has 136 valence electrons. The standard InChI is InChI=1S/C20H23N3O3/c1-26-18-9-7-16(8-10-18)20(25)23-13-11-22(12-14-23)15-19(24)21-17-5-3-2-4-6-17/h2-10H,11-15H2,1H3,(H,21,24). The van der Waals surface area contributed by atoms with Gasteiger partial charge in [0.05, 0.1) is 13.7 Å². The number of hydrogen-bond acceptors (Lipinski definition) is 4. The molecule has 1 fully saturated rings. The first-order chi connectivity index (χ1) is 12.7. The third-order valence-corrected chi connectivity index (χ3v) is 4.42. The number of nitrogens with one attached hydrogen (secondary N) is 1. The van der Waals surface area contributed by atoms with E-state index in [9.17, 15) is 9.59 Å².